The number of aliphatic hydroxyl groups is 2. The number of hydrogen-bond acceptors (Lipinski definition) is 5. The maximum Gasteiger partial charge on any atom is 0.407 e. The smallest absolute Gasteiger partial charge is 0.407 e. The number of hydrogen-bond donors (Lipinski definition) is 3. The van der Waals surface area contributed by atoms with Crippen LogP contribution in [0.15, 0.2) is 0 Å². The summed E-state index contributed by atoms with van der Waals surface area (Å²) in [4.78, 5) is 12.2. The van der Waals surface area contributed by atoms with E-state index in [2.05, 4.69) is 39.9 Å². The van der Waals surface area contributed by atoms with Gasteiger partial charge >= 0.3 is 6.09 Å². The van der Waals surface area contributed by atoms with Crippen molar-refractivity contribution in [1.29, 1.82) is 0 Å². The normalized spacial score (nSPS) is 53.4. The Kier molecular flexibility index (Phi) is 5.84. The first-order valence-electron chi connectivity index (χ1n) is 15.5. The zero-order chi connectivity index (χ0) is 27.7. The largest absolute Gasteiger partial charge is 0.440 e. The Morgan fingerprint density at radius 1 is 1.03 bits per heavy atom. The molecule has 6 rings (SSSR count). The van der Waals surface area contributed by atoms with Gasteiger partial charge in [0.05, 0.1) is 23.9 Å². The van der Waals surface area contributed by atoms with E-state index in [1.165, 1.54) is 38.5 Å². The summed E-state index contributed by atoms with van der Waals surface area (Å²) in [6, 6.07) is 0. The third-order valence-corrected chi connectivity index (χ3v) is 14.2. The van der Waals surface area contributed by atoms with Crippen LogP contribution in [0, 0.1) is 50.7 Å². The van der Waals surface area contributed by atoms with Gasteiger partial charge < -0.3 is 25.0 Å². The Labute approximate surface area is 230 Å². The van der Waals surface area contributed by atoms with Crippen LogP contribution in [0.2, 0.25) is 0 Å². The van der Waals surface area contributed by atoms with Gasteiger partial charge in [-0.15, -0.1) is 0 Å². The lowest BCUT2D eigenvalue weighted by Gasteiger charge is -2.63. The first kappa shape index (κ1) is 27.3. The molecule has 0 aromatic heterocycles. The molecular weight excluding hydrogens is 478 g/mol. The first-order valence-corrected chi connectivity index (χ1v) is 15.5. The molecule has 6 nitrogen and oxygen atoms in total. The van der Waals surface area contributed by atoms with Gasteiger partial charge in [-0.25, -0.2) is 4.79 Å². The van der Waals surface area contributed by atoms with Crippen molar-refractivity contribution in [3.63, 3.8) is 0 Å². The molecule has 5 aliphatic carbocycles. The topological polar surface area (TPSA) is 88.0 Å². The Bertz CT molecular complexity index is 991. The molecule has 0 aromatic carbocycles. The molecule has 6 fully saturated rings. The van der Waals surface area contributed by atoms with Crippen molar-refractivity contribution < 1.29 is 24.5 Å². The number of ether oxygens (including phenoxy) is 2. The van der Waals surface area contributed by atoms with Crippen molar-refractivity contribution in [2.45, 2.75) is 136 Å². The number of amides is 1. The number of carbonyl (C=O) groups is 1. The summed E-state index contributed by atoms with van der Waals surface area (Å²) < 4.78 is 12.6. The van der Waals surface area contributed by atoms with E-state index in [0.717, 1.165) is 19.3 Å². The van der Waals surface area contributed by atoms with Crippen molar-refractivity contribution >= 4 is 6.09 Å². The fourth-order valence-electron chi connectivity index (χ4n) is 12.4. The molecule has 1 saturated heterocycles. The predicted octanol–water partition coefficient (Wildman–Crippen LogP) is 5.69. The number of fused-ring (bicyclic) bond motifs is 4. The average molecular weight is 532 g/mol. The highest BCUT2D eigenvalue weighted by Gasteiger charge is 2.83. The third kappa shape index (κ3) is 3.26. The van der Waals surface area contributed by atoms with Gasteiger partial charge in [0.25, 0.3) is 0 Å². The Morgan fingerprint density at radius 2 is 1.68 bits per heavy atom. The zero-order valence-electron chi connectivity index (χ0n) is 25.1. The standard InChI is InChI=1S/C32H53NO5/c1-18-15-19(25(28(4,5)36)38-26(35)33-8)37-20-16-30(7)22-10-9-21-27(2,3)23(34)11-12-31(21)17-32(22,31)14-13-29(30,6)24(18)20/h18-25,34,36H,9-17H2,1-8H3,(H,33,35)/t18-,19-,20-,21?,22?,23?,24?,25?,29?,30+,31?,32?/m1/s1. The van der Waals surface area contributed by atoms with Crippen molar-refractivity contribution in [1.82, 2.24) is 5.32 Å². The van der Waals surface area contributed by atoms with E-state index >= 15 is 0 Å². The summed E-state index contributed by atoms with van der Waals surface area (Å²) in [6.45, 7) is 15.7. The van der Waals surface area contributed by atoms with Crippen LogP contribution in [0.3, 0.4) is 0 Å². The van der Waals surface area contributed by atoms with E-state index in [-0.39, 0.29) is 34.6 Å². The second-order valence-electron chi connectivity index (χ2n) is 16.3. The van der Waals surface area contributed by atoms with Crippen LogP contribution < -0.4 is 5.32 Å². The number of carbonyl (C=O) groups excluding carboxylic acids is 1. The lowest BCUT2D eigenvalue weighted by Crippen LogP contribution is -2.58. The number of nitrogens with one attached hydrogen (secondary N) is 1. The van der Waals surface area contributed by atoms with E-state index in [1.54, 1.807) is 20.9 Å². The molecular formula is C32H53NO5. The van der Waals surface area contributed by atoms with Gasteiger partial charge in [-0.05, 0) is 122 Å². The molecule has 1 amide bonds. The Balaban J connectivity index is 1.30. The molecule has 5 saturated carbocycles. The molecule has 6 aliphatic rings. The van der Waals surface area contributed by atoms with E-state index in [1.807, 2.05) is 0 Å². The lowest BCUT2D eigenvalue weighted by molar-refractivity contribution is -0.193. The van der Waals surface area contributed by atoms with Crippen LogP contribution >= 0.6 is 0 Å². The first-order chi connectivity index (χ1) is 17.6. The van der Waals surface area contributed by atoms with Gasteiger partial charge in [-0.3, -0.25) is 0 Å². The summed E-state index contributed by atoms with van der Waals surface area (Å²) in [5.41, 5.74) is 0.132. The van der Waals surface area contributed by atoms with Crippen LogP contribution in [0.1, 0.15) is 106 Å². The molecule has 0 bridgehead atoms. The molecule has 0 radical (unpaired) electrons. The Morgan fingerprint density at radius 3 is 2.34 bits per heavy atom. The average Bonchev–Trinajstić information content (AvgIpc) is 3.42. The van der Waals surface area contributed by atoms with Crippen molar-refractivity contribution in [3.05, 3.63) is 0 Å². The van der Waals surface area contributed by atoms with Gasteiger partial charge in [0.15, 0.2) is 6.10 Å². The van der Waals surface area contributed by atoms with E-state index in [4.69, 9.17) is 9.47 Å². The van der Waals surface area contributed by atoms with Crippen molar-refractivity contribution in [2.75, 3.05) is 7.05 Å². The summed E-state index contributed by atoms with van der Waals surface area (Å²) in [5, 5.41) is 24.5. The number of rotatable bonds is 3. The highest BCUT2D eigenvalue weighted by atomic mass is 16.6. The van der Waals surface area contributed by atoms with Crippen LogP contribution in [0.4, 0.5) is 4.79 Å². The molecule has 216 valence electrons. The number of alkyl carbamates (subject to hydrolysis) is 1. The maximum atomic E-state index is 12.2. The van der Waals surface area contributed by atoms with Gasteiger partial charge in [-0.1, -0.05) is 34.6 Å². The van der Waals surface area contributed by atoms with E-state index in [0.29, 0.717) is 34.5 Å². The van der Waals surface area contributed by atoms with Gasteiger partial charge in [-0.2, -0.15) is 0 Å². The van der Waals surface area contributed by atoms with Crippen LogP contribution in [0.25, 0.3) is 0 Å². The minimum atomic E-state index is -1.19. The zero-order valence-corrected chi connectivity index (χ0v) is 25.1. The minimum absolute atomic E-state index is 0.0137. The van der Waals surface area contributed by atoms with Gasteiger partial charge in [0.2, 0.25) is 0 Å². The lowest BCUT2D eigenvalue weighted by atomic mass is 9.41. The molecule has 1 heterocycles. The fourth-order valence-corrected chi connectivity index (χ4v) is 12.4. The fraction of sp³-hybridized carbons (Fsp3) is 0.969. The second-order valence-corrected chi connectivity index (χ2v) is 16.3. The molecule has 8 unspecified atom stereocenters. The summed E-state index contributed by atoms with van der Waals surface area (Å²) in [6.07, 6.45) is 8.93. The van der Waals surface area contributed by atoms with E-state index < -0.39 is 17.8 Å². The van der Waals surface area contributed by atoms with Crippen LogP contribution in [0.5, 0.6) is 0 Å². The summed E-state index contributed by atoms with van der Waals surface area (Å²) in [7, 11) is 1.55. The van der Waals surface area contributed by atoms with Gasteiger partial charge in [0, 0.05) is 7.05 Å². The van der Waals surface area contributed by atoms with Crippen LogP contribution in [-0.2, 0) is 9.47 Å². The highest BCUT2D eigenvalue weighted by molar-refractivity contribution is 5.67. The monoisotopic (exact) mass is 531 g/mol. The van der Waals surface area contributed by atoms with Gasteiger partial charge in [0.1, 0.15) is 0 Å². The number of aliphatic hydroxyl groups excluding tert-OH is 1. The van der Waals surface area contributed by atoms with Crippen molar-refractivity contribution in [3.8, 4) is 0 Å². The van der Waals surface area contributed by atoms with Crippen molar-refractivity contribution in [2.24, 2.45) is 50.7 Å². The quantitative estimate of drug-likeness (QED) is 0.436. The molecule has 2 spiro atoms. The highest BCUT2D eigenvalue weighted by Crippen LogP contribution is 2.89. The Hall–Kier alpha value is -0.850. The third-order valence-electron chi connectivity index (χ3n) is 14.2. The minimum Gasteiger partial charge on any atom is -0.440 e. The second kappa shape index (κ2) is 8.12. The SMILES string of the molecule is CNC(=O)OC([C@H]1C[C@@H](C)C2[C@@H](C[C@@]3(C)C4CCC5C(C)(C)C(O)CCC56CC46CCC23C)O1)C(C)(C)O. The maximum absolute atomic E-state index is 12.2. The summed E-state index contributed by atoms with van der Waals surface area (Å²) in [5.74, 6) is 2.27. The summed E-state index contributed by atoms with van der Waals surface area (Å²) >= 11 is 0. The predicted molar refractivity (Wildman–Crippen MR) is 146 cm³/mol. The molecule has 12 atom stereocenters. The molecule has 38 heavy (non-hydrogen) atoms. The molecule has 1 aliphatic heterocycles. The van der Waals surface area contributed by atoms with E-state index in [9.17, 15) is 15.0 Å². The van der Waals surface area contributed by atoms with Crippen LogP contribution in [-0.4, -0.2) is 53.4 Å². The molecule has 0 aromatic rings. The molecule has 3 N–H and O–H groups in total. The molecule has 6 heteroatoms.